The van der Waals surface area contributed by atoms with Crippen LogP contribution in [0.2, 0.25) is 0 Å². The number of furan rings is 1. The Morgan fingerprint density at radius 2 is 1.15 bits per heavy atom. The van der Waals surface area contributed by atoms with Crippen LogP contribution in [-0.4, -0.2) is 0 Å². The van der Waals surface area contributed by atoms with Crippen LogP contribution in [0.5, 0.6) is 0 Å². The summed E-state index contributed by atoms with van der Waals surface area (Å²) in [5.74, 6) is 0. The van der Waals surface area contributed by atoms with E-state index in [1.807, 2.05) is 11.3 Å². The minimum atomic E-state index is -0.0511. The summed E-state index contributed by atoms with van der Waals surface area (Å²) in [4.78, 5) is 2.45. The molecule has 1 aliphatic rings. The third-order valence-electron chi connectivity index (χ3n) is 11.3. The summed E-state index contributed by atoms with van der Waals surface area (Å²) in [5, 5.41) is 7.19. The summed E-state index contributed by atoms with van der Waals surface area (Å²) in [6.45, 7) is 4.69. The highest BCUT2D eigenvalue weighted by Crippen LogP contribution is 2.52. The van der Waals surface area contributed by atoms with Crippen LogP contribution in [0.1, 0.15) is 25.0 Å². The van der Waals surface area contributed by atoms with Crippen LogP contribution >= 0.6 is 11.3 Å². The van der Waals surface area contributed by atoms with Crippen molar-refractivity contribution in [1.82, 2.24) is 0 Å². The zero-order chi connectivity index (χ0) is 34.6. The lowest BCUT2D eigenvalue weighted by molar-refractivity contribution is 0.660. The number of fused-ring (bicyclic) bond motifs is 11. The molecular weight excluding hydrogens is 651 g/mol. The van der Waals surface area contributed by atoms with Gasteiger partial charge in [0.1, 0.15) is 11.2 Å². The van der Waals surface area contributed by atoms with Crippen LogP contribution < -0.4 is 4.90 Å². The van der Waals surface area contributed by atoms with Crippen molar-refractivity contribution in [2.75, 3.05) is 4.90 Å². The second kappa shape index (κ2) is 10.9. The van der Waals surface area contributed by atoms with Gasteiger partial charge in [0, 0.05) is 58.7 Å². The van der Waals surface area contributed by atoms with Crippen molar-refractivity contribution in [1.29, 1.82) is 0 Å². The van der Waals surface area contributed by atoms with Gasteiger partial charge in [-0.15, -0.1) is 11.3 Å². The molecule has 52 heavy (non-hydrogen) atoms. The van der Waals surface area contributed by atoms with Gasteiger partial charge in [-0.2, -0.15) is 0 Å². The molecule has 0 fully saturated rings. The number of hydrogen-bond donors (Lipinski definition) is 0. The molecule has 3 heteroatoms. The molecule has 11 rings (SSSR count). The van der Waals surface area contributed by atoms with Crippen LogP contribution in [0.4, 0.5) is 17.1 Å². The first-order chi connectivity index (χ1) is 25.5. The molecule has 0 radical (unpaired) electrons. The highest BCUT2D eigenvalue weighted by molar-refractivity contribution is 7.26. The third-order valence-corrected chi connectivity index (χ3v) is 12.4. The SMILES string of the molecule is CC1(C)c2ccccc2-c2cc(N(c3ccc(-c4cccc5c4oc4c6ccccc6ccc54)cc3)c3cccc4sc5ccccc5c34)ccc21. The summed E-state index contributed by atoms with van der Waals surface area (Å²) in [7, 11) is 0. The van der Waals surface area contributed by atoms with Crippen molar-refractivity contribution in [3.63, 3.8) is 0 Å². The fourth-order valence-corrected chi connectivity index (χ4v) is 9.89. The Morgan fingerprint density at radius 3 is 2.06 bits per heavy atom. The molecule has 0 unspecified atom stereocenters. The fourth-order valence-electron chi connectivity index (χ4n) is 8.76. The third kappa shape index (κ3) is 4.17. The van der Waals surface area contributed by atoms with E-state index in [-0.39, 0.29) is 5.41 Å². The molecule has 0 atom stereocenters. The van der Waals surface area contributed by atoms with E-state index >= 15 is 0 Å². The Bertz CT molecular complexity index is 3050. The van der Waals surface area contributed by atoms with Gasteiger partial charge in [-0.25, -0.2) is 0 Å². The summed E-state index contributed by atoms with van der Waals surface area (Å²) in [5.41, 5.74) is 12.9. The lowest BCUT2D eigenvalue weighted by Crippen LogP contribution is -2.15. The van der Waals surface area contributed by atoms with Gasteiger partial charge in [-0.1, -0.05) is 129 Å². The van der Waals surface area contributed by atoms with Crippen molar-refractivity contribution >= 4 is 81.3 Å². The van der Waals surface area contributed by atoms with Crippen molar-refractivity contribution in [3.8, 4) is 22.3 Å². The van der Waals surface area contributed by atoms with E-state index in [4.69, 9.17) is 4.42 Å². The first-order valence-electron chi connectivity index (χ1n) is 17.9. The van der Waals surface area contributed by atoms with Crippen molar-refractivity contribution < 1.29 is 4.42 Å². The van der Waals surface area contributed by atoms with Crippen molar-refractivity contribution in [2.24, 2.45) is 0 Å². The van der Waals surface area contributed by atoms with Crippen LogP contribution in [0.15, 0.2) is 168 Å². The minimum absolute atomic E-state index is 0.0511. The Kier molecular flexibility index (Phi) is 6.21. The van der Waals surface area contributed by atoms with E-state index in [2.05, 4.69) is 183 Å². The predicted octanol–water partition coefficient (Wildman–Crippen LogP) is 14.6. The molecule has 10 aromatic rings. The number of thiophene rings is 1. The number of hydrogen-bond acceptors (Lipinski definition) is 3. The average molecular weight is 684 g/mol. The number of benzene rings is 8. The molecule has 0 saturated carbocycles. The number of rotatable bonds is 4. The van der Waals surface area contributed by atoms with Gasteiger partial charge >= 0.3 is 0 Å². The quantitative estimate of drug-likeness (QED) is 0.184. The van der Waals surface area contributed by atoms with E-state index in [1.54, 1.807) is 0 Å². The maximum Gasteiger partial charge on any atom is 0.143 e. The van der Waals surface area contributed by atoms with Crippen LogP contribution in [0.25, 0.3) is 75.1 Å². The Hall–Kier alpha value is -6.16. The molecule has 0 saturated heterocycles. The van der Waals surface area contributed by atoms with E-state index in [1.165, 1.54) is 53.5 Å². The van der Waals surface area contributed by atoms with Gasteiger partial charge in [-0.3, -0.25) is 0 Å². The van der Waals surface area contributed by atoms with E-state index < -0.39 is 0 Å². The fraction of sp³-hybridized carbons (Fsp3) is 0.0612. The monoisotopic (exact) mass is 683 g/mol. The largest absolute Gasteiger partial charge is 0.455 e. The van der Waals surface area contributed by atoms with E-state index in [9.17, 15) is 0 Å². The Balaban J connectivity index is 1.11. The highest BCUT2D eigenvalue weighted by Gasteiger charge is 2.35. The van der Waals surface area contributed by atoms with Gasteiger partial charge in [0.25, 0.3) is 0 Å². The summed E-state index contributed by atoms with van der Waals surface area (Å²) < 4.78 is 9.32. The number of para-hydroxylation sites is 1. The van der Waals surface area contributed by atoms with Gasteiger partial charge < -0.3 is 9.32 Å². The second-order valence-corrected chi connectivity index (χ2v) is 15.6. The zero-order valence-electron chi connectivity index (χ0n) is 28.9. The van der Waals surface area contributed by atoms with Gasteiger partial charge in [0.15, 0.2) is 0 Å². The molecule has 246 valence electrons. The van der Waals surface area contributed by atoms with Crippen LogP contribution in [-0.2, 0) is 5.41 Å². The molecule has 0 bridgehead atoms. The second-order valence-electron chi connectivity index (χ2n) is 14.5. The summed E-state index contributed by atoms with van der Waals surface area (Å²) in [6.07, 6.45) is 0. The molecule has 0 spiro atoms. The van der Waals surface area contributed by atoms with Crippen LogP contribution in [0.3, 0.4) is 0 Å². The molecule has 0 N–H and O–H groups in total. The smallest absolute Gasteiger partial charge is 0.143 e. The summed E-state index contributed by atoms with van der Waals surface area (Å²) >= 11 is 1.86. The molecule has 1 aliphatic carbocycles. The predicted molar refractivity (Wildman–Crippen MR) is 222 cm³/mol. The number of anilines is 3. The molecule has 8 aromatic carbocycles. The molecular formula is C49H33NOS. The first-order valence-corrected chi connectivity index (χ1v) is 18.7. The molecule has 0 aliphatic heterocycles. The molecule has 2 aromatic heterocycles. The van der Waals surface area contributed by atoms with E-state index in [0.29, 0.717) is 0 Å². The maximum absolute atomic E-state index is 6.73. The zero-order valence-corrected chi connectivity index (χ0v) is 29.7. The van der Waals surface area contributed by atoms with Gasteiger partial charge in [-0.05, 0) is 81.7 Å². The molecule has 0 amide bonds. The Morgan fingerprint density at radius 1 is 0.481 bits per heavy atom. The van der Waals surface area contributed by atoms with Crippen LogP contribution in [0, 0.1) is 0 Å². The van der Waals surface area contributed by atoms with Gasteiger partial charge in [0.05, 0.1) is 5.69 Å². The lowest BCUT2D eigenvalue weighted by Gasteiger charge is -2.28. The maximum atomic E-state index is 6.73. The van der Waals surface area contributed by atoms with Crippen molar-refractivity contribution in [2.45, 2.75) is 19.3 Å². The minimum Gasteiger partial charge on any atom is -0.455 e. The molecule has 2 nitrogen and oxygen atoms in total. The standard InChI is InChI=1S/C49H33NOS/c1-49(2)41-17-7-5-13-36(41)40-29-33(26-28-42(40)49)50(43-18-10-20-45-46(43)39-14-6-8-19-44(39)52-45)32-24-21-31(22-25-32)35-15-9-16-37-38-27-23-30-11-3-4-12-34(30)48(38)51-47(35)37/h3-29H,1-2H3. The van der Waals surface area contributed by atoms with Crippen molar-refractivity contribution in [3.05, 3.63) is 175 Å². The normalized spacial score (nSPS) is 13.3. The average Bonchev–Trinajstić information content (AvgIpc) is 3.84. The molecule has 2 heterocycles. The first kappa shape index (κ1) is 29.6. The van der Waals surface area contributed by atoms with E-state index in [0.717, 1.165) is 49.8 Å². The topological polar surface area (TPSA) is 16.4 Å². The van der Waals surface area contributed by atoms with Gasteiger partial charge in [0.2, 0.25) is 0 Å². The highest BCUT2D eigenvalue weighted by atomic mass is 32.1. The summed E-state index contributed by atoms with van der Waals surface area (Å²) in [6, 6.07) is 59.9. The lowest BCUT2D eigenvalue weighted by atomic mass is 9.82. The Labute approximate surface area is 305 Å². The number of nitrogens with zero attached hydrogens (tertiary/aromatic N) is 1.